The summed E-state index contributed by atoms with van der Waals surface area (Å²) >= 11 is 0. The van der Waals surface area contributed by atoms with Gasteiger partial charge in [0.15, 0.2) is 0 Å². The maximum atomic E-state index is 12.2. The third-order valence-corrected chi connectivity index (χ3v) is 3.43. The van der Waals surface area contributed by atoms with E-state index in [1.165, 1.54) is 7.11 Å². The summed E-state index contributed by atoms with van der Waals surface area (Å²) < 4.78 is 10.1. The predicted molar refractivity (Wildman–Crippen MR) is 75.1 cm³/mol. The van der Waals surface area contributed by atoms with Crippen LogP contribution in [0.15, 0.2) is 0 Å². The Morgan fingerprint density at radius 3 is 2.55 bits per heavy atom. The molecule has 0 aromatic carbocycles. The lowest BCUT2D eigenvalue weighted by molar-refractivity contribution is -0.142. The van der Waals surface area contributed by atoms with Gasteiger partial charge in [0.25, 0.3) is 0 Å². The van der Waals surface area contributed by atoms with E-state index in [1.54, 1.807) is 4.90 Å². The molecule has 0 aliphatic carbocycles. The number of ether oxygens (including phenoxy) is 2. The summed E-state index contributed by atoms with van der Waals surface area (Å²) in [6.07, 6.45) is 1.65. The highest BCUT2D eigenvalue weighted by molar-refractivity contribution is 5.71. The number of esters is 1. The normalized spacial score (nSPS) is 20.6. The van der Waals surface area contributed by atoms with Crippen LogP contribution < -0.4 is 5.73 Å². The van der Waals surface area contributed by atoms with Crippen LogP contribution in [-0.4, -0.2) is 48.8 Å². The molecule has 6 nitrogen and oxygen atoms in total. The molecule has 1 amide bonds. The van der Waals surface area contributed by atoms with Gasteiger partial charge in [-0.25, -0.2) is 4.79 Å². The van der Waals surface area contributed by atoms with Crippen LogP contribution in [0.3, 0.4) is 0 Å². The Labute approximate surface area is 120 Å². The van der Waals surface area contributed by atoms with Crippen LogP contribution in [-0.2, 0) is 14.3 Å². The summed E-state index contributed by atoms with van der Waals surface area (Å²) in [4.78, 5) is 25.3. The van der Waals surface area contributed by atoms with E-state index in [9.17, 15) is 9.59 Å². The molecule has 1 rings (SSSR count). The minimum atomic E-state index is -0.523. The highest BCUT2D eigenvalue weighted by atomic mass is 16.6. The lowest BCUT2D eigenvalue weighted by Gasteiger charge is -2.32. The van der Waals surface area contributed by atoms with Crippen molar-refractivity contribution in [3.8, 4) is 0 Å². The molecular weight excluding hydrogens is 260 g/mol. The van der Waals surface area contributed by atoms with Gasteiger partial charge in [-0.05, 0) is 40.2 Å². The average molecular weight is 286 g/mol. The number of likely N-dealkylation sites (tertiary alicyclic amines) is 1. The predicted octanol–water partition coefficient (Wildman–Crippen LogP) is 1.52. The van der Waals surface area contributed by atoms with Gasteiger partial charge in [0.1, 0.15) is 5.60 Å². The minimum absolute atomic E-state index is 0.0473. The smallest absolute Gasteiger partial charge is 0.410 e. The van der Waals surface area contributed by atoms with Gasteiger partial charge in [-0.2, -0.15) is 0 Å². The average Bonchev–Trinajstić information content (AvgIpc) is 2.82. The zero-order chi connectivity index (χ0) is 15.3. The van der Waals surface area contributed by atoms with Gasteiger partial charge in [-0.1, -0.05) is 0 Å². The molecule has 0 radical (unpaired) electrons. The second kappa shape index (κ2) is 6.92. The third-order valence-electron chi connectivity index (χ3n) is 3.43. The fourth-order valence-electron chi connectivity index (χ4n) is 2.50. The van der Waals surface area contributed by atoms with E-state index in [4.69, 9.17) is 10.5 Å². The van der Waals surface area contributed by atoms with Crippen LogP contribution in [0.25, 0.3) is 0 Å². The van der Waals surface area contributed by atoms with Gasteiger partial charge in [-0.3, -0.25) is 4.79 Å². The number of nitrogens with zero attached hydrogens (tertiary/aromatic N) is 1. The molecule has 116 valence electrons. The van der Waals surface area contributed by atoms with Gasteiger partial charge in [0.05, 0.1) is 13.5 Å². The first-order valence-electron chi connectivity index (χ1n) is 7.05. The van der Waals surface area contributed by atoms with Crippen molar-refractivity contribution >= 4 is 12.1 Å². The Morgan fingerprint density at radius 1 is 1.40 bits per heavy atom. The molecule has 0 aromatic heterocycles. The first-order chi connectivity index (χ1) is 9.28. The largest absolute Gasteiger partial charge is 0.469 e. The standard InChI is InChI=1S/C14H26N2O4/c1-14(2,3)20-13(18)16-7-5-6-11(16)10(9-15)8-12(17)19-4/h10-11H,5-9,15H2,1-4H3. The second-order valence-electron chi connectivity index (χ2n) is 6.16. The zero-order valence-corrected chi connectivity index (χ0v) is 12.8. The van der Waals surface area contributed by atoms with Crippen LogP contribution in [0.2, 0.25) is 0 Å². The summed E-state index contributed by atoms with van der Waals surface area (Å²) in [7, 11) is 1.36. The number of carbonyl (C=O) groups is 2. The van der Waals surface area contributed by atoms with Crippen molar-refractivity contribution in [3.63, 3.8) is 0 Å². The van der Waals surface area contributed by atoms with Gasteiger partial charge in [0.2, 0.25) is 0 Å². The molecule has 0 saturated carbocycles. The van der Waals surface area contributed by atoms with Crippen molar-refractivity contribution in [3.05, 3.63) is 0 Å². The molecule has 0 bridgehead atoms. The SMILES string of the molecule is COC(=O)CC(CN)C1CCCN1C(=O)OC(C)(C)C. The molecule has 1 fully saturated rings. The Morgan fingerprint density at radius 2 is 2.05 bits per heavy atom. The van der Waals surface area contributed by atoms with E-state index in [1.807, 2.05) is 20.8 Å². The van der Waals surface area contributed by atoms with Crippen LogP contribution >= 0.6 is 0 Å². The van der Waals surface area contributed by atoms with Crippen molar-refractivity contribution < 1.29 is 19.1 Å². The molecule has 1 saturated heterocycles. The monoisotopic (exact) mass is 286 g/mol. The number of rotatable bonds is 4. The maximum absolute atomic E-state index is 12.2. The van der Waals surface area contributed by atoms with Gasteiger partial charge in [0, 0.05) is 18.5 Å². The summed E-state index contributed by atoms with van der Waals surface area (Å²) in [6, 6.07) is -0.0473. The summed E-state index contributed by atoms with van der Waals surface area (Å²) in [5.41, 5.74) is 5.24. The van der Waals surface area contributed by atoms with Crippen molar-refractivity contribution in [2.45, 2.75) is 51.7 Å². The number of hydrogen-bond acceptors (Lipinski definition) is 5. The molecule has 1 heterocycles. The number of carbonyl (C=O) groups excluding carboxylic acids is 2. The molecule has 1 aliphatic heterocycles. The molecule has 0 aromatic rings. The van der Waals surface area contributed by atoms with E-state index in [-0.39, 0.29) is 30.4 Å². The molecule has 1 aliphatic rings. The number of amides is 1. The van der Waals surface area contributed by atoms with E-state index in [2.05, 4.69) is 4.74 Å². The second-order valence-corrected chi connectivity index (χ2v) is 6.16. The summed E-state index contributed by atoms with van der Waals surface area (Å²) in [5.74, 6) is -0.381. The topological polar surface area (TPSA) is 81.9 Å². The van der Waals surface area contributed by atoms with Crippen LogP contribution in [0.5, 0.6) is 0 Å². The van der Waals surface area contributed by atoms with Crippen molar-refractivity contribution in [2.75, 3.05) is 20.2 Å². The van der Waals surface area contributed by atoms with Crippen molar-refractivity contribution in [1.82, 2.24) is 4.90 Å². The van der Waals surface area contributed by atoms with Gasteiger partial charge >= 0.3 is 12.1 Å². The van der Waals surface area contributed by atoms with Crippen molar-refractivity contribution in [1.29, 1.82) is 0 Å². The maximum Gasteiger partial charge on any atom is 0.410 e. The van der Waals surface area contributed by atoms with Crippen LogP contribution in [0.4, 0.5) is 4.79 Å². The van der Waals surface area contributed by atoms with Crippen LogP contribution in [0.1, 0.15) is 40.0 Å². The fourth-order valence-corrected chi connectivity index (χ4v) is 2.50. The third kappa shape index (κ3) is 4.67. The Kier molecular flexibility index (Phi) is 5.80. The summed E-state index contributed by atoms with van der Waals surface area (Å²) in [6.45, 7) is 6.51. The molecule has 0 spiro atoms. The molecule has 20 heavy (non-hydrogen) atoms. The van der Waals surface area contributed by atoms with E-state index < -0.39 is 5.60 Å². The Balaban J connectivity index is 2.71. The lowest BCUT2D eigenvalue weighted by atomic mass is 9.94. The highest BCUT2D eigenvalue weighted by Gasteiger charge is 2.37. The molecule has 2 unspecified atom stereocenters. The highest BCUT2D eigenvalue weighted by Crippen LogP contribution is 2.27. The summed E-state index contributed by atoms with van der Waals surface area (Å²) in [5, 5.41) is 0. The van der Waals surface area contributed by atoms with E-state index in [0.717, 1.165) is 12.8 Å². The molecule has 6 heteroatoms. The fraction of sp³-hybridized carbons (Fsp3) is 0.857. The zero-order valence-electron chi connectivity index (χ0n) is 12.8. The minimum Gasteiger partial charge on any atom is -0.469 e. The number of nitrogens with two attached hydrogens (primary N) is 1. The molecule has 2 N–H and O–H groups in total. The van der Waals surface area contributed by atoms with Crippen molar-refractivity contribution in [2.24, 2.45) is 11.7 Å². The Hall–Kier alpha value is -1.30. The Bertz CT molecular complexity index is 352. The van der Waals surface area contributed by atoms with E-state index >= 15 is 0 Å². The molecule has 2 atom stereocenters. The first kappa shape index (κ1) is 16.8. The first-order valence-corrected chi connectivity index (χ1v) is 7.05. The quantitative estimate of drug-likeness (QED) is 0.792. The molecular formula is C14H26N2O4. The number of hydrogen-bond donors (Lipinski definition) is 1. The lowest BCUT2D eigenvalue weighted by Crippen LogP contribution is -2.45. The number of methoxy groups -OCH3 is 1. The van der Waals surface area contributed by atoms with Gasteiger partial charge < -0.3 is 20.1 Å². The van der Waals surface area contributed by atoms with E-state index in [0.29, 0.717) is 13.1 Å². The van der Waals surface area contributed by atoms with Crippen LogP contribution in [0, 0.1) is 5.92 Å². The van der Waals surface area contributed by atoms with Gasteiger partial charge in [-0.15, -0.1) is 0 Å².